The van der Waals surface area contributed by atoms with Crippen LogP contribution in [0.15, 0.2) is 42.7 Å². The molecule has 0 atom stereocenters. The summed E-state index contributed by atoms with van der Waals surface area (Å²) in [6, 6.07) is 11.9. The lowest BCUT2D eigenvalue weighted by Crippen LogP contribution is -2.32. The van der Waals surface area contributed by atoms with Crippen LogP contribution in [-0.4, -0.2) is 25.9 Å². The molecule has 3 heterocycles. The molecule has 1 fully saturated rings. The number of ether oxygens (including phenoxy) is 1. The quantitative estimate of drug-likeness (QED) is 0.494. The largest absolute Gasteiger partial charge is 0.474 e. The van der Waals surface area contributed by atoms with E-state index in [1.807, 2.05) is 16.7 Å². The molecule has 0 amide bonds. The topological polar surface area (TPSA) is 64.9 Å². The second-order valence-corrected chi connectivity index (χ2v) is 8.76. The third-order valence-electron chi connectivity index (χ3n) is 5.78. The number of fused-ring (bicyclic) bond motifs is 3. The summed E-state index contributed by atoms with van der Waals surface area (Å²) in [4.78, 5) is 3.85. The summed E-state index contributed by atoms with van der Waals surface area (Å²) in [5.41, 5.74) is 3.49. The standard InChI is InChI=1S/C21H21Cl2N5O/c22-18-2-1-3-20(26-18)29-16-6-8-21(23,9-7-16)15-4-5-17-14(10-15)11-24-12-19-27-25-13-28(17)19/h1-5,10,13,16,24H,6-9,11-12H2. The zero-order valence-corrected chi connectivity index (χ0v) is 17.3. The van der Waals surface area contributed by atoms with Gasteiger partial charge in [0.25, 0.3) is 0 Å². The van der Waals surface area contributed by atoms with Gasteiger partial charge < -0.3 is 10.1 Å². The Morgan fingerprint density at radius 3 is 2.83 bits per heavy atom. The lowest BCUT2D eigenvalue weighted by molar-refractivity contribution is 0.132. The van der Waals surface area contributed by atoms with Crippen molar-refractivity contribution in [3.8, 4) is 11.6 Å². The monoisotopic (exact) mass is 429 g/mol. The Bertz CT molecular complexity index is 1030. The van der Waals surface area contributed by atoms with Crippen molar-refractivity contribution >= 4 is 23.2 Å². The highest BCUT2D eigenvalue weighted by molar-refractivity contribution is 6.29. The summed E-state index contributed by atoms with van der Waals surface area (Å²) in [6.07, 6.45) is 5.33. The highest BCUT2D eigenvalue weighted by Crippen LogP contribution is 2.44. The minimum absolute atomic E-state index is 0.106. The molecule has 0 saturated heterocycles. The van der Waals surface area contributed by atoms with Gasteiger partial charge in [-0.3, -0.25) is 4.57 Å². The van der Waals surface area contributed by atoms with Gasteiger partial charge in [0.2, 0.25) is 5.88 Å². The molecule has 1 aliphatic carbocycles. The van der Waals surface area contributed by atoms with Gasteiger partial charge in [-0.1, -0.05) is 29.8 Å². The van der Waals surface area contributed by atoms with E-state index in [9.17, 15) is 0 Å². The fraction of sp³-hybridized carbons (Fsp3) is 0.381. The van der Waals surface area contributed by atoms with Crippen LogP contribution in [0.3, 0.4) is 0 Å². The van der Waals surface area contributed by atoms with Crippen LogP contribution in [0, 0.1) is 0 Å². The van der Waals surface area contributed by atoms with Gasteiger partial charge in [0.1, 0.15) is 17.6 Å². The summed E-state index contributed by atoms with van der Waals surface area (Å²) in [6.45, 7) is 1.48. The summed E-state index contributed by atoms with van der Waals surface area (Å²) in [7, 11) is 0. The van der Waals surface area contributed by atoms with Crippen molar-refractivity contribution in [2.45, 2.75) is 49.8 Å². The third-order valence-corrected chi connectivity index (χ3v) is 6.58. The zero-order valence-electron chi connectivity index (χ0n) is 15.8. The van der Waals surface area contributed by atoms with Gasteiger partial charge in [0.15, 0.2) is 5.82 Å². The van der Waals surface area contributed by atoms with Gasteiger partial charge >= 0.3 is 0 Å². The first-order valence-electron chi connectivity index (χ1n) is 9.82. The van der Waals surface area contributed by atoms with Crippen LogP contribution >= 0.6 is 23.2 Å². The van der Waals surface area contributed by atoms with E-state index in [0.717, 1.165) is 49.3 Å². The van der Waals surface area contributed by atoms with E-state index in [1.165, 1.54) is 5.56 Å². The van der Waals surface area contributed by atoms with E-state index in [1.54, 1.807) is 12.4 Å². The Balaban J connectivity index is 1.32. The Kier molecular flexibility index (Phi) is 4.94. The number of benzene rings is 1. The minimum Gasteiger partial charge on any atom is -0.474 e. The molecule has 2 aromatic heterocycles. The molecule has 1 aliphatic heterocycles. The summed E-state index contributed by atoms with van der Waals surface area (Å²) < 4.78 is 8.07. The molecule has 1 N–H and O–H groups in total. The third kappa shape index (κ3) is 3.72. The van der Waals surface area contributed by atoms with Crippen LogP contribution in [0.4, 0.5) is 0 Å². The van der Waals surface area contributed by atoms with Crippen LogP contribution in [0.25, 0.3) is 5.69 Å². The van der Waals surface area contributed by atoms with Gasteiger partial charge in [-0.05, 0) is 48.9 Å². The first kappa shape index (κ1) is 18.9. The molecule has 1 aromatic carbocycles. The maximum Gasteiger partial charge on any atom is 0.214 e. The van der Waals surface area contributed by atoms with Gasteiger partial charge in [0.05, 0.1) is 17.1 Å². The SMILES string of the molecule is Clc1cccc(OC2CCC(Cl)(c3ccc4c(c3)CNCc3nncn3-4)CC2)n1. The van der Waals surface area contributed by atoms with E-state index in [-0.39, 0.29) is 11.0 Å². The first-order valence-corrected chi connectivity index (χ1v) is 10.6. The molecule has 2 aliphatic rings. The van der Waals surface area contributed by atoms with Gasteiger partial charge in [-0.15, -0.1) is 21.8 Å². The van der Waals surface area contributed by atoms with E-state index in [4.69, 9.17) is 27.9 Å². The van der Waals surface area contributed by atoms with E-state index in [0.29, 0.717) is 17.6 Å². The van der Waals surface area contributed by atoms with Crippen molar-refractivity contribution in [3.63, 3.8) is 0 Å². The van der Waals surface area contributed by atoms with Crippen LogP contribution in [0.5, 0.6) is 5.88 Å². The fourth-order valence-corrected chi connectivity index (χ4v) is 4.70. The maximum atomic E-state index is 7.11. The second kappa shape index (κ2) is 7.59. The number of alkyl halides is 1. The second-order valence-electron chi connectivity index (χ2n) is 7.65. The van der Waals surface area contributed by atoms with Gasteiger partial charge in [-0.25, -0.2) is 4.98 Å². The predicted octanol–water partition coefficient (Wildman–Crippen LogP) is 4.37. The smallest absolute Gasteiger partial charge is 0.214 e. The van der Waals surface area contributed by atoms with Crippen molar-refractivity contribution in [2.24, 2.45) is 0 Å². The molecule has 0 bridgehead atoms. The number of nitrogens with zero attached hydrogens (tertiary/aromatic N) is 4. The maximum absolute atomic E-state index is 7.11. The Labute approximate surface area is 179 Å². The van der Waals surface area contributed by atoms with Crippen LogP contribution in [-0.2, 0) is 18.0 Å². The molecule has 0 spiro atoms. The molecular weight excluding hydrogens is 409 g/mol. The lowest BCUT2D eigenvalue weighted by atomic mass is 9.81. The lowest BCUT2D eigenvalue weighted by Gasteiger charge is -2.36. The van der Waals surface area contributed by atoms with Crippen LogP contribution < -0.4 is 10.1 Å². The Morgan fingerprint density at radius 2 is 2.00 bits per heavy atom. The Morgan fingerprint density at radius 1 is 1.14 bits per heavy atom. The van der Waals surface area contributed by atoms with Crippen LogP contribution in [0.2, 0.25) is 5.15 Å². The average Bonchev–Trinajstić information content (AvgIpc) is 3.11. The molecule has 3 aromatic rings. The average molecular weight is 430 g/mol. The number of pyridine rings is 1. The summed E-state index contributed by atoms with van der Waals surface area (Å²) >= 11 is 13.1. The van der Waals surface area contributed by atoms with E-state index >= 15 is 0 Å². The van der Waals surface area contributed by atoms with Crippen LogP contribution in [0.1, 0.15) is 42.6 Å². The number of rotatable bonds is 3. The van der Waals surface area contributed by atoms with Gasteiger partial charge in [0, 0.05) is 12.6 Å². The van der Waals surface area contributed by atoms with Crippen molar-refractivity contribution in [1.82, 2.24) is 25.1 Å². The van der Waals surface area contributed by atoms with Crippen molar-refractivity contribution in [2.75, 3.05) is 0 Å². The molecule has 5 rings (SSSR count). The summed E-state index contributed by atoms with van der Waals surface area (Å²) in [5, 5.41) is 12.1. The fourth-order valence-electron chi connectivity index (χ4n) is 4.21. The molecule has 0 unspecified atom stereocenters. The minimum atomic E-state index is -0.376. The number of halogens is 2. The molecule has 8 heteroatoms. The van der Waals surface area contributed by atoms with E-state index in [2.05, 4.69) is 38.7 Å². The summed E-state index contributed by atoms with van der Waals surface area (Å²) in [5.74, 6) is 1.50. The number of nitrogens with one attached hydrogen (secondary N) is 1. The molecular formula is C21H21Cl2N5O. The molecule has 29 heavy (non-hydrogen) atoms. The Hall–Kier alpha value is -2.15. The van der Waals surface area contributed by atoms with Gasteiger partial charge in [-0.2, -0.15) is 0 Å². The highest BCUT2D eigenvalue weighted by atomic mass is 35.5. The normalized spacial score (nSPS) is 23.7. The first-order chi connectivity index (χ1) is 14.1. The predicted molar refractivity (Wildman–Crippen MR) is 112 cm³/mol. The molecule has 1 saturated carbocycles. The number of hydrogen-bond acceptors (Lipinski definition) is 5. The number of hydrogen-bond donors (Lipinski definition) is 1. The zero-order chi connectivity index (χ0) is 19.8. The highest BCUT2D eigenvalue weighted by Gasteiger charge is 2.36. The molecule has 6 nitrogen and oxygen atoms in total. The molecule has 0 radical (unpaired) electrons. The van der Waals surface area contributed by atoms with Crippen molar-refractivity contribution in [1.29, 1.82) is 0 Å². The van der Waals surface area contributed by atoms with Crippen molar-refractivity contribution < 1.29 is 4.74 Å². The van der Waals surface area contributed by atoms with E-state index < -0.39 is 0 Å². The number of aromatic nitrogens is 4. The van der Waals surface area contributed by atoms with Crippen molar-refractivity contribution in [3.05, 3.63) is 64.8 Å². The molecule has 150 valence electrons.